The Morgan fingerprint density at radius 3 is 2.55 bits per heavy atom. The quantitative estimate of drug-likeness (QED) is 0.856. The Balaban J connectivity index is 2.05. The maximum atomic E-state index is 12.3. The molecule has 5 nitrogen and oxygen atoms in total. The normalized spacial score (nSPS) is 10.4. The molecular weight excluding hydrogens is 278 g/mol. The van der Waals surface area contributed by atoms with Gasteiger partial charge in [0.2, 0.25) is 0 Å². The van der Waals surface area contributed by atoms with Gasteiger partial charge in [-0.2, -0.15) is 0 Å². The second-order valence-electron chi connectivity index (χ2n) is 5.17. The first-order valence-electron chi connectivity index (χ1n) is 7.34. The van der Waals surface area contributed by atoms with Crippen LogP contribution in [0.1, 0.15) is 31.1 Å². The molecule has 0 unspecified atom stereocenters. The minimum Gasteiger partial charge on any atom is -0.494 e. The van der Waals surface area contributed by atoms with Gasteiger partial charge in [-0.3, -0.25) is 9.78 Å². The first kappa shape index (κ1) is 15.8. The lowest BCUT2D eigenvalue weighted by atomic mass is 10.2. The molecule has 2 N–H and O–H groups in total. The number of ether oxygens (including phenoxy) is 1. The Morgan fingerprint density at radius 2 is 1.91 bits per heavy atom. The van der Waals surface area contributed by atoms with E-state index in [1.165, 1.54) is 0 Å². The monoisotopic (exact) mass is 299 g/mol. The van der Waals surface area contributed by atoms with E-state index in [1.807, 2.05) is 45.0 Å². The smallest absolute Gasteiger partial charge is 0.257 e. The van der Waals surface area contributed by atoms with Gasteiger partial charge < -0.3 is 15.4 Å². The largest absolute Gasteiger partial charge is 0.494 e. The van der Waals surface area contributed by atoms with Crippen molar-refractivity contribution >= 4 is 17.3 Å². The van der Waals surface area contributed by atoms with E-state index in [4.69, 9.17) is 4.74 Å². The number of aromatic nitrogens is 1. The van der Waals surface area contributed by atoms with Crippen LogP contribution in [0.4, 0.5) is 11.4 Å². The second kappa shape index (κ2) is 7.45. The van der Waals surface area contributed by atoms with Crippen LogP contribution in [0.2, 0.25) is 0 Å². The average Bonchev–Trinajstić information content (AvgIpc) is 2.49. The maximum Gasteiger partial charge on any atom is 0.257 e. The summed E-state index contributed by atoms with van der Waals surface area (Å²) in [7, 11) is 0. The summed E-state index contributed by atoms with van der Waals surface area (Å²) in [6.07, 6.45) is 3.25. The lowest BCUT2D eigenvalue weighted by Crippen LogP contribution is -2.14. The summed E-state index contributed by atoms with van der Waals surface area (Å²) in [5.74, 6) is 0.592. The molecule has 0 radical (unpaired) electrons. The third kappa shape index (κ3) is 4.48. The fraction of sp³-hybridized carbons (Fsp3) is 0.294. The summed E-state index contributed by atoms with van der Waals surface area (Å²) in [6.45, 7) is 6.62. The Kier molecular flexibility index (Phi) is 5.36. The third-order valence-electron chi connectivity index (χ3n) is 2.88. The number of rotatable bonds is 6. The van der Waals surface area contributed by atoms with Crippen LogP contribution in [0.25, 0.3) is 0 Å². The van der Waals surface area contributed by atoms with E-state index in [2.05, 4.69) is 15.6 Å². The van der Waals surface area contributed by atoms with E-state index in [9.17, 15) is 4.79 Å². The van der Waals surface area contributed by atoms with Gasteiger partial charge in [-0.05, 0) is 51.1 Å². The molecule has 22 heavy (non-hydrogen) atoms. The zero-order valence-electron chi connectivity index (χ0n) is 13.1. The van der Waals surface area contributed by atoms with Crippen LogP contribution >= 0.6 is 0 Å². The van der Waals surface area contributed by atoms with Gasteiger partial charge in [0.15, 0.2) is 0 Å². The topological polar surface area (TPSA) is 63.2 Å². The van der Waals surface area contributed by atoms with Gasteiger partial charge in [-0.25, -0.2) is 0 Å². The molecule has 0 atom stereocenters. The number of hydrogen-bond donors (Lipinski definition) is 2. The first-order chi connectivity index (χ1) is 10.6. The number of nitrogens with zero attached hydrogens (tertiary/aromatic N) is 1. The van der Waals surface area contributed by atoms with Crippen LogP contribution in [-0.4, -0.2) is 23.5 Å². The predicted molar refractivity (Wildman–Crippen MR) is 88.6 cm³/mol. The van der Waals surface area contributed by atoms with E-state index in [0.29, 0.717) is 12.2 Å². The molecule has 0 aliphatic heterocycles. The van der Waals surface area contributed by atoms with E-state index in [0.717, 1.165) is 17.1 Å². The highest BCUT2D eigenvalue weighted by atomic mass is 16.5. The highest BCUT2D eigenvalue weighted by Crippen LogP contribution is 2.17. The fourth-order valence-electron chi connectivity index (χ4n) is 1.98. The molecule has 1 aromatic heterocycles. The molecule has 2 aromatic rings. The van der Waals surface area contributed by atoms with E-state index < -0.39 is 0 Å². The van der Waals surface area contributed by atoms with Gasteiger partial charge in [-0.1, -0.05) is 0 Å². The van der Waals surface area contributed by atoms with Crippen LogP contribution in [0.5, 0.6) is 5.75 Å². The van der Waals surface area contributed by atoms with E-state index in [-0.39, 0.29) is 11.9 Å². The number of anilines is 2. The Morgan fingerprint density at radius 1 is 1.18 bits per heavy atom. The summed E-state index contributed by atoms with van der Waals surface area (Å²) >= 11 is 0. The van der Waals surface area contributed by atoms with Crippen molar-refractivity contribution in [3.63, 3.8) is 0 Å². The highest BCUT2D eigenvalue weighted by molar-refractivity contribution is 6.04. The van der Waals surface area contributed by atoms with Gasteiger partial charge in [0.25, 0.3) is 5.91 Å². The van der Waals surface area contributed by atoms with Gasteiger partial charge >= 0.3 is 0 Å². The highest BCUT2D eigenvalue weighted by Gasteiger charge is 2.08. The van der Waals surface area contributed by atoms with Crippen LogP contribution < -0.4 is 15.4 Å². The third-order valence-corrected chi connectivity index (χ3v) is 2.88. The number of benzene rings is 1. The van der Waals surface area contributed by atoms with Crippen LogP contribution in [0.3, 0.4) is 0 Å². The number of amides is 1. The Bertz CT molecular complexity index is 624. The summed E-state index contributed by atoms with van der Waals surface area (Å²) in [6, 6.07) is 9.35. The number of carbonyl (C=O) groups excluding carboxylic acids is 1. The molecule has 0 saturated heterocycles. The molecule has 0 bridgehead atoms. The van der Waals surface area contributed by atoms with Crippen molar-refractivity contribution in [2.45, 2.75) is 26.8 Å². The van der Waals surface area contributed by atoms with Crippen molar-refractivity contribution in [2.75, 3.05) is 17.2 Å². The average molecular weight is 299 g/mol. The van der Waals surface area contributed by atoms with Crippen molar-refractivity contribution in [3.05, 3.63) is 48.3 Å². The second-order valence-corrected chi connectivity index (χ2v) is 5.17. The SMILES string of the molecule is CCOc1ccc(NC(=O)c2cncc(NC(C)C)c2)cc1. The molecule has 2 rings (SSSR count). The van der Waals surface area contributed by atoms with Crippen LogP contribution in [0, 0.1) is 0 Å². The zero-order valence-corrected chi connectivity index (χ0v) is 13.1. The molecule has 0 spiro atoms. The summed E-state index contributed by atoms with van der Waals surface area (Å²) in [5.41, 5.74) is 2.06. The van der Waals surface area contributed by atoms with Gasteiger partial charge in [0.05, 0.1) is 17.9 Å². The molecule has 1 heterocycles. The molecule has 5 heteroatoms. The molecule has 0 aliphatic rings. The van der Waals surface area contributed by atoms with Crippen molar-refractivity contribution < 1.29 is 9.53 Å². The van der Waals surface area contributed by atoms with Crippen molar-refractivity contribution in [3.8, 4) is 5.75 Å². The van der Waals surface area contributed by atoms with Crippen LogP contribution in [0.15, 0.2) is 42.7 Å². The van der Waals surface area contributed by atoms with Crippen molar-refractivity contribution in [1.82, 2.24) is 4.98 Å². The number of hydrogen-bond acceptors (Lipinski definition) is 4. The van der Waals surface area contributed by atoms with Gasteiger partial charge in [-0.15, -0.1) is 0 Å². The molecule has 0 aliphatic carbocycles. The number of nitrogens with one attached hydrogen (secondary N) is 2. The summed E-state index contributed by atoms with van der Waals surface area (Å²) < 4.78 is 5.37. The predicted octanol–water partition coefficient (Wildman–Crippen LogP) is 3.55. The van der Waals surface area contributed by atoms with E-state index in [1.54, 1.807) is 18.5 Å². The van der Waals surface area contributed by atoms with Crippen LogP contribution in [-0.2, 0) is 0 Å². The lowest BCUT2D eigenvalue weighted by Gasteiger charge is -2.11. The zero-order chi connectivity index (χ0) is 15.9. The van der Waals surface area contributed by atoms with E-state index >= 15 is 0 Å². The lowest BCUT2D eigenvalue weighted by molar-refractivity contribution is 0.102. The van der Waals surface area contributed by atoms with Crippen molar-refractivity contribution in [2.24, 2.45) is 0 Å². The maximum absolute atomic E-state index is 12.3. The summed E-state index contributed by atoms with van der Waals surface area (Å²) in [5, 5.41) is 6.07. The van der Waals surface area contributed by atoms with Gasteiger partial charge in [0, 0.05) is 24.1 Å². The molecule has 0 saturated carbocycles. The number of pyridine rings is 1. The first-order valence-corrected chi connectivity index (χ1v) is 7.34. The molecule has 1 aromatic carbocycles. The fourth-order valence-corrected chi connectivity index (χ4v) is 1.98. The number of carbonyl (C=O) groups is 1. The molecule has 116 valence electrons. The Hall–Kier alpha value is -2.56. The minimum absolute atomic E-state index is 0.191. The van der Waals surface area contributed by atoms with Gasteiger partial charge in [0.1, 0.15) is 5.75 Å². The summed E-state index contributed by atoms with van der Waals surface area (Å²) in [4.78, 5) is 16.3. The Labute approximate surface area is 130 Å². The minimum atomic E-state index is -0.191. The molecular formula is C17H21N3O2. The standard InChI is InChI=1S/C17H21N3O2/c1-4-22-16-7-5-14(6-8-16)20-17(21)13-9-15(11-18-10-13)19-12(2)3/h5-12,19H,4H2,1-3H3,(H,20,21). The van der Waals surface area contributed by atoms with Crippen molar-refractivity contribution in [1.29, 1.82) is 0 Å². The molecule has 0 fully saturated rings. The molecule has 1 amide bonds.